The summed E-state index contributed by atoms with van der Waals surface area (Å²) in [6, 6.07) is 14.0. The molecule has 1 heterocycles. The van der Waals surface area contributed by atoms with Crippen LogP contribution < -0.4 is 0 Å². The van der Waals surface area contributed by atoms with Gasteiger partial charge in [-0.2, -0.15) is 5.26 Å². The molecule has 29 heavy (non-hydrogen) atoms. The fraction of sp³-hybridized carbons (Fsp3) is 0.238. The molecule has 0 N–H and O–H groups in total. The zero-order chi connectivity index (χ0) is 21.0. The number of fused-ring (bicyclic) bond motifs is 1. The van der Waals surface area contributed by atoms with Crippen molar-refractivity contribution < 1.29 is 9.72 Å². The molecule has 0 unspecified atom stereocenters. The van der Waals surface area contributed by atoms with E-state index in [0.29, 0.717) is 35.7 Å². The molecule has 0 aliphatic heterocycles. The van der Waals surface area contributed by atoms with Crippen molar-refractivity contribution in [1.82, 2.24) is 9.47 Å². The quantitative estimate of drug-likeness (QED) is 0.311. The van der Waals surface area contributed by atoms with E-state index in [1.165, 1.54) is 18.2 Å². The normalized spacial score (nSPS) is 11.0. The minimum atomic E-state index is -0.471. The SMILES string of the molecule is CN(CC(=O)c1cn(CCC#N)c2ccccc12)Cc1cc([N+](=O)[O-])ccc1Cl. The molecular formula is C21H19ClN4O3. The summed E-state index contributed by atoms with van der Waals surface area (Å²) in [7, 11) is 1.77. The molecule has 0 amide bonds. The molecule has 8 heteroatoms. The van der Waals surface area contributed by atoms with Gasteiger partial charge in [-0.1, -0.05) is 29.8 Å². The average Bonchev–Trinajstić information content (AvgIpc) is 3.06. The topological polar surface area (TPSA) is 92.2 Å². The van der Waals surface area contributed by atoms with E-state index >= 15 is 0 Å². The number of nitrogens with zero attached hydrogens (tertiary/aromatic N) is 4. The number of halogens is 1. The number of hydrogen-bond donors (Lipinski definition) is 0. The second-order valence-electron chi connectivity index (χ2n) is 6.79. The third-order valence-electron chi connectivity index (χ3n) is 4.65. The largest absolute Gasteiger partial charge is 0.346 e. The van der Waals surface area contributed by atoms with Gasteiger partial charge in [0.05, 0.1) is 24.0 Å². The lowest BCUT2D eigenvalue weighted by Gasteiger charge is -2.16. The predicted octanol–water partition coefficient (Wildman–Crippen LogP) is 4.43. The number of aromatic nitrogens is 1. The molecular weight excluding hydrogens is 392 g/mol. The first-order valence-electron chi connectivity index (χ1n) is 9.00. The van der Waals surface area contributed by atoms with E-state index in [1.54, 1.807) is 18.1 Å². The Labute approximate surface area is 172 Å². The van der Waals surface area contributed by atoms with Gasteiger partial charge in [-0.25, -0.2) is 0 Å². The van der Waals surface area contributed by atoms with E-state index in [-0.39, 0.29) is 18.0 Å². The molecule has 0 aliphatic carbocycles. The molecule has 0 radical (unpaired) electrons. The van der Waals surface area contributed by atoms with Crippen LogP contribution in [0.3, 0.4) is 0 Å². The van der Waals surface area contributed by atoms with E-state index in [2.05, 4.69) is 6.07 Å². The average molecular weight is 411 g/mol. The van der Waals surface area contributed by atoms with Crippen LogP contribution in [0.1, 0.15) is 22.3 Å². The number of Topliss-reactive ketones (excluding diaryl/α,β-unsaturated/α-hetero) is 1. The molecule has 0 saturated carbocycles. The molecule has 148 valence electrons. The van der Waals surface area contributed by atoms with Gasteiger partial charge in [-0.3, -0.25) is 19.8 Å². The standard InChI is InChI=1S/C21H19ClN4O3/c1-24(12-15-11-16(26(28)29)7-8-19(15)22)14-21(27)18-13-25(10-4-9-23)20-6-3-2-5-17(18)20/h2-3,5-8,11,13H,4,10,12,14H2,1H3. The molecule has 1 aromatic heterocycles. The van der Waals surface area contributed by atoms with Crippen molar-refractivity contribution in [3.05, 3.63) is 74.9 Å². The lowest BCUT2D eigenvalue weighted by Crippen LogP contribution is -2.25. The van der Waals surface area contributed by atoms with Gasteiger partial charge in [-0.15, -0.1) is 0 Å². The number of likely N-dealkylation sites (N-methyl/N-ethyl adjacent to an activating group) is 1. The van der Waals surface area contributed by atoms with Crippen molar-refractivity contribution in [2.45, 2.75) is 19.5 Å². The number of nitriles is 1. The third kappa shape index (κ3) is 4.62. The maximum absolute atomic E-state index is 12.9. The Morgan fingerprint density at radius 1 is 1.31 bits per heavy atom. The summed E-state index contributed by atoms with van der Waals surface area (Å²) in [6.07, 6.45) is 2.15. The molecule has 2 aromatic carbocycles. The Balaban J connectivity index is 1.79. The molecule has 0 saturated heterocycles. The van der Waals surface area contributed by atoms with Gasteiger partial charge in [-0.05, 0) is 24.7 Å². The number of nitro benzene ring substituents is 1. The van der Waals surface area contributed by atoms with Crippen molar-refractivity contribution in [2.24, 2.45) is 0 Å². The van der Waals surface area contributed by atoms with Gasteiger partial charge < -0.3 is 4.57 Å². The van der Waals surface area contributed by atoms with Gasteiger partial charge in [0.1, 0.15) is 0 Å². The molecule has 3 aromatic rings. The fourth-order valence-electron chi connectivity index (χ4n) is 3.30. The van der Waals surface area contributed by atoms with Crippen LogP contribution in [0.15, 0.2) is 48.7 Å². The van der Waals surface area contributed by atoms with Gasteiger partial charge in [0.15, 0.2) is 5.78 Å². The van der Waals surface area contributed by atoms with Crippen molar-refractivity contribution in [3.8, 4) is 6.07 Å². The first-order valence-corrected chi connectivity index (χ1v) is 9.38. The highest BCUT2D eigenvalue weighted by atomic mass is 35.5. The van der Waals surface area contributed by atoms with Crippen molar-refractivity contribution >= 4 is 34.0 Å². The first kappa shape index (κ1) is 20.5. The van der Waals surface area contributed by atoms with Crippen LogP contribution in [0.2, 0.25) is 5.02 Å². The minimum absolute atomic E-state index is 0.0373. The highest BCUT2D eigenvalue weighted by molar-refractivity contribution is 6.31. The van der Waals surface area contributed by atoms with Gasteiger partial charge in [0.25, 0.3) is 5.69 Å². The molecule has 7 nitrogen and oxygen atoms in total. The minimum Gasteiger partial charge on any atom is -0.346 e. The van der Waals surface area contributed by atoms with Crippen LogP contribution >= 0.6 is 11.6 Å². The smallest absolute Gasteiger partial charge is 0.269 e. The maximum Gasteiger partial charge on any atom is 0.269 e. The van der Waals surface area contributed by atoms with E-state index < -0.39 is 4.92 Å². The number of aryl methyl sites for hydroxylation is 1. The molecule has 0 aliphatic rings. The highest BCUT2D eigenvalue weighted by Gasteiger charge is 2.18. The number of benzene rings is 2. The summed E-state index contributed by atoms with van der Waals surface area (Å²) in [5, 5.41) is 21.1. The van der Waals surface area contributed by atoms with Gasteiger partial charge in [0, 0.05) is 52.9 Å². The highest BCUT2D eigenvalue weighted by Crippen LogP contribution is 2.25. The monoisotopic (exact) mass is 410 g/mol. The van der Waals surface area contributed by atoms with Crippen molar-refractivity contribution in [3.63, 3.8) is 0 Å². The number of non-ortho nitro benzene ring substituents is 1. The van der Waals surface area contributed by atoms with E-state index in [4.69, 9.17) is 16.9 Å². The summed E-state index contributed by atoms with van der Waals surface area (Å²) in [6.45, 7) is 0.952. The summed E-state index contributed by atoms with van der Waals surface area (Å²) in [5.41, 5.74) is 2.06. The fourth-order valence-corrected chi connectivity index (χ4v) is 3.47. The second-order valence-corrected chi connectivity index (χ2v) is 7.20. The number of rotatable bonds is 8. The number of nitro groups is 1. The zero-order valence-electron chi connectivity index (χ0n) is 15.8. The van der Waals surface area contributed by atoms with E-state index in [0.717, 1.165) is 10.9 Å². The zero-order valence-corrected chi connectivity index (χ0v) is 16.6. The van der Waals surface area contributed by atoms with E-state index in [9.17, 15) is 14.9 Å². The van der Waals surface area contributed by atoms with Crippen LogP contribution in [0.25, 0.3) is 10.9 Å². The number of carbonyl (C=O) groups excluding carboxylic acids is 1. The number of ketones is 1. The number of para-hydroxylation sites is 1. The Morgan fingerprint density at radius 3 is 2.79 bits per heavy atom. The van der Waals surface area contributed by atoms with Crippen LogP contribution in [0.5, 0.6) is 0 Å². The van der Waals surface area contributed by atoms with Crippen LogP contribution in [0, 0.1) is 21.4 Å². The molecule has 0 bridgehead atoms. The first-order chi connectivity index (χ1) is 13.9. The predicted molar refractivity (Wildman–Crippen MR) is 111 cm³/mol. The summed E-state index contributed by atoms with van der Waals surface area (Å²) < 4.78 is 1.92. The van der Waals surface area contributed by atoms with E-state index in [1.807, 2.05) is 28.8 Å². The van der Waals surface area contributed by atoms with Crippen LogP contribution in [-0.4, -0.2) is 33.8 Å². The number of carbonyl (C=O) groups is 1. The number of hydrogen-bond acceptors (Lipinski definition) is 5. The maximum atomic E-state index is 12.9. The Bertz CT molecular complexity index is 1120. The molecule has 3 rings (SSSR count). The Kier molecular flexibility index (Phi) is 6.27. The van der Waals surface area contributed by atoms with Crippen molar-refractivity contribution in [2.75, 3.05) is 13.6 Å². The van der Waals surface area contributed by atoms with Crippen molar-refractivity contribution in [1.29, 1.82) is 5.26 Å². The molecule has 0 atom stereocenters. The molecule has 0 spiro atoms. The second kappa shape index (κ2) is 8.86. The Hall–Kier alpha value is -3.21. The lowest BCUT2D eigenvalue weighted by molar-refractivity contribution is -0.384. The summed E-state index contributed by atoms with van der Waals surface area (Å²) in [5.74, 6) is -0.0686. The van der Waals surface area contributed by atoms with Crippen LogP contribution in [-0.2, 0) is 13.1 Å². The Morgan fingerprint density at radius 2 is 2.07 bits per heavy atom. The third-order valence-corrected chi connectivity index (χ3v) is 5.02. The van der Waals surface area contributed by atoms with Gasteiger partial charge in [0.2, 0.25) is 0 Å². The van der Waals surface area contributed by atoms with Crippen LogP contribution in [0.4, 0.5) is 5.69 Å². The summed E-state index contributed by atoms with van der Waals surface area (Å²) in [4.78, 5) is 25.2. The molecule has 0 fully saturated rings. The summed E-state index contributed by atoms with van der Waals surface area (Å²) >= 11 is 6.16. The van der Waals surface area contributed by atoms with Gasteiger partial charge >= 0.3 is 0 Å². The lowest BCUT2D eigenvalue weighted by atomic mass is 10.1.